The van der Waals surface area contributed by atoms with Gasteiger partial charge < -0.3 is 5.32 Å². The molecule has 4 heteroatoms. The van der Waals surface area contributed by atoms with Crippen LogP contribution < -0.4 is 5.32 Å². The number of nitrogens with one attached hydrogen (secondary N) is 1. The molecule has 0 spiro atoms. The van der Waals surface area contributed by atoms with Crippen molar-refractivity contribution >= 4 is 23.4 Å². The van der Waals surface area contributed by atoms with Gasteiger partial charge in [0.05, 0.1) is 0 Å². The van der Waals surface area contributed by atoms with E-state index in [9.17, 15) is 0 Å². The Labute approximate surface area is 123 Å². The third-order valence-corrected chi connectivity index (χ3v) is 4.23. The molecule has 0 fully saturated rings. The Morgan fingerprint density at radius 1 is 1.26 bits per heavy atom. The van der Waals surface area contributed by atoms with Gasteiger partial charge in [0, 0.05) is 34.1 Å². The maximum atomic E-state index is 5.89. The number of pyridine rings is 1. The van der Waals surface area contributed by atoms with E-state index in [1.165, 1.54) is 16.0 Å². The number of thioether (sulfide) groups is 1. The van der Waals surface area contributed by atoms with Crippen LogP contribution in [-0.4, -0.2) is 17.8 Å². The molecule has 1 aromatic heterocycles. The maximum Gasteiger partial charge on any atom is 0.0428 e. The summed E-state index contributed by atoms with van der Waals surface area (Å²) < 4.78 is 0. The zero-order valence-corrected chi connectivity index (χ0v) is 12.6. The summed E-state index contributed by atoms with van der Waals surface area (Å²) in [6.07, 6.45) is 3.80. The number of rotatable bonds is 5. The Hall–Kier alpha value is -1.03. The van der Waals surface area contributed by atoms with Gasteiger partial charge >= 0.3 is 0 Å². The van der Waals surface area contributed by atoms with E-state index in [1.54, 1.807) is 0 Å². The van der Waals surface area contributed by atoms with Gasteiger partial charge in [0.2, 0.25) is 0 Å². The van der Waals surface area contributed by atoms with Crippen LogP contribution >= 0.6 is 23.4 Å². The van der Waals surface area contributed by atoms with Crippen LogP contribution in [-0.2, 0) is 0 Å². The molecule has 0 saturated heterocycles. The Morgan fingerprint density at radius 3 is 2.63 bits per heavy atom. The Bertz CT molecular complexity index is 528. The highest BCUT2D eigenvalue weighted by Crippen LogP contribution is 2.25. The first-order valence-corrected chi connectivity index (χ1v) is 7.52. The molecule has 1 aromatic carbocycles. The second-order valence-electron chi connectivity index (χ2n) is 4.40. The summed E-state index contributed by atoms with van der Waals surface area (Å²) in [5, 5.41) is 4.12. The van der Waals surface area contributed by atoms with Crippen LogP contribution in [0.3, 0.4) is 0 Å². The van der Waals surface area contributed by atoms with Crippen molar-refractivity contribution in [3.63, 3.8) is 0 Å². The molecular weight excluding hydrogens is 276 g/mol. The Kier molecular flexibility index (Phi) is 5.25. The molecule has 1 atom stereocenters. The summed E-state index contributed by atoms with van der Waals surface area (Å²) in [6.45, 7) is 2.07. The van der Waals surface area contributed by atoms with Crippen LogP contribution in [0.15, 0.2) is 47.6 Å². The fraction of sp³-hybridized carbons (Fsp3) is 0.267. The van der Waals surface area contributed by atoms with Crippen molar-refractivity contribution in [1.82, 2.24) is 10.3 Å². The standard InChI is InChI=1S/C15H17ClN2S/c1-11-7-12(9-18-8-11)15(17-2)10-19-14-5-3-13(16)4-6-14/h3-9,15,17H,10H2,1-2H3. The Balaban J connectivity index is 2.01. The van der Waals surface area contributed by atoms with E-state index in [0.717, 1.165) is 10.8 Å². The van der Waals surface area contributed by atoms with Gasteiger partial charge in [-0.05, 0) is 49.4 Å². The second kappa shape index (κ2) is 6.94. The second-order valence-corrected chi connectivity index (χ2v) is 5.93. The molecule has 2 rings (SSSR count). The average molecular weight is 293 g/mol. The predicted octanol–water partition coefficient (Wildman–Crippen LogP) is 4.10. The molecule has 0 saturated carbocycles. The topological polar surface area (TPSA) is 24.9 Å². The number of aryl methyl sites for hydroxylation is 1. The normalized spacial score (nSPS) is 12.4. The largest absolute Gasteiger partial charge is 0.312 e. The van der Waals surface area contributed by atoms with Crippen molar-refractivity contribution in [3.8, 4) is 0 Å². The summed E-state index contributed by atoms with van der Waals surface area (Å²) in [5.74, 6) is 0.962. The first kappa shape index (κ1) is 14.4. The minimum atomic E-state index is 0.299. The molecule has 1 heterocycles. The van der Waals surface area contributed by atoms with Crippen molar-refractivity contribution in [2.24, 2.45) is 0 Å². The van der Waals surface area contributed by atoms with E-state index in [4.69, 9.17) is 11.6 Å². The highest BCUT2D eigenvalue weighted by molar-refractivity contribution is 7.99. The van der Waals surface area contributed by atoms with Crippen LogP contribution in [0.4, 0.5) is 0 Å². The SMILES string of the molecule is CNC(CSc1ccc(Cl)cc1)c1cncc(C)c1. The number of halogens is 1. The molecule has 1 unspecified atom stereocenters. The summed E-state index contributed by atoms with van der Waals surface area (Å²) in [5.41, 5.74) is 2.42. The lowest BCUT2D eigenvalue weighted by molar-refractivity contribution is 0.658. The van der Waals surface area contributed by atoms with Gasteiger partial charge in [-0.1, -0.05) is 17.7 Å². The van der Waals surface area contributed by atoms with Gasteiger partial charge in [0.1, 0.15) is 0 Å². The van der Waals surface area contributed by atoms with Crippen molar-refractivity contribution in [1.29, 1.82) is 0 Å². The fourth-order valence-corrected chi connectivity index (χ4v) is 3.00. The number of aromatic nitrogens is 1. The molecule has 100 valence electrons. The lowest BCUT2D eigenvalue weighted by atomic mass is 10.1. The molecule has 0 aliphatic rings. The van der Waals surface area contributed by atoms with Gasteiger partial charge in [0.25, 0.3) is 0 Å². The third kappa shape index (κ3) is 4.23. The molecule has 0 amide bonds. The van der Waals surface area contributed by atoms with Gasteiger partial charge in [-0.15, -0.1) is 11.8 Å². The smallest absolute Gasteiger partial charge is 0.0428 e. The number of hydrogen-bond donors (Lipinski definition) is 1. The highest BCUT2D eigenvalue weighted by atomic mass is 35.5. The number of benzene rings is 1. The quantitative estimate of drug-likeness (QED) is 0.840. The van der Waals surface area contributed by atoms with E-state index >= 15 is 0 Å². The molecule has 0 bridgehead atoms. The van der Waals surface area contributed by atoms with Gasteiger partial charge in [-0.2, -0.15) is 0 Å². The number of hydrogen-bond acceptors (Lipinski definition) is 3. The average Bonchev–Trinajstić information content (AvgIpc) is 2.42. The summed E-state index contributed by atoms with van der Waals surface area (Å²) in [6, 6.07) is 10.4. The van der Waals surface area contributed by atoms with Gasteiger partial charge in [-0.25, -0.2) is 0 Å². The monoisotopic (exact) mass is 292 g/mol. The molecule has 1 N–H and O–H groups in total. The zero-order valence-electron chi connectivity index (χ0n) is 11.1. The molecular formula is C15H17ClN2S. The van der Waals surface area contributed by atoms with E-state index in [-0.39, 0.29) is 0 Å². The van der Waals surface area contributed by atoms with E-state index in [1.807, 2.05) is 55.5 Å². The minimum absolute atomic E-state index is 0.299. The molecule has 0 radical (unpaired) electrons. The first-order valence-electron chi connectivity index (χ1n) is 6.16. The maximum absolute atomic E-state index is 5.89. The minimum Gasteiger partial charge on any atom is -0.312 e. The zero-order chi connectivity index (χ0) is 13.7. The predicted molar refractivity (Wildman–Crippen MR) is 83.0 cm³/mol. The van der Waals surface area contributed by atoms with Crippen LogP contribution in [0.25, 0.3) is 0 Å². The lowest BCUT2D eigenvalue weighted by Gasteiger charge is -2.16. The fourth-order valence-electron chi connectivity index (χ4n) is 1.83. The van der Waals surface area contributed by atoms with Crippen LogP contribution in [0.2, 0.25) is 5.02 Å². The Morgan fingerprint density at radius 2 is 2.00 bits per heavy atom. The van der Waals surface area contributed by atoms with Crippen molar-refractivity contribution < 1.29 is 0 Å². The van der Waals surface area contributed by atoms with Crippen molar-refractivity contribution in [2.75, 3.05) is 12.8 Å². The summed E-state index contributed by atoms with van der Waals surface area (Å²) in [7, 11) is 1.98. The van der Waals surface area contributed by atoms with E-state index in [0.29, 0.717) is 6.04 Å². The number of nitrogens with zero attached hydrogens (tertiary/aromatic N) is 1. The van der Waals surface area contributed by atoms with Crippen LogP contribution in [0, 0.1) is 6.92 Å². The highest BCUT2D eigenvalue weighted by Gasteiger charge is 2.10. The van der Waals surface area contributed by atoms with E-state index in [2.05, 4.69) is 23.3 Å². The molecule has 0 aliphatic heterocycles. The van der Waals surface area contributed by atoms with Crippen LogP contribution in [0.5, 0.6) is 0 Å². The van der Waals surface area contributed by atoms with Crippen molar-refractivity contribution in [3.05, 3.63) is 58.9 Å². The summed E-state index contributed by atoms with van der Waals surface area (Å²) >= 11 is 7.70. The molecule has 19 heavy (non-hydrogen) atoms. The van der Waals surface area contributed by atoms with Crippen LogP contribution in [0.1, 0.15) is 17.2 Å². The van der Waals surface area contributed by atoms with Gasteiger partial charge in [-0.3, -0.25) is 4.98 Å². The van der Waals surface area contributed by atoms with Gasteiger partial charge in [0.15, 0.2) is 0 Å². The van der Waals surface area contributed by atoms with E-state index < -0.39 is 0 Å². The summed E-state index contributed by atoms with van der Waals surface area (Å²) in [4.78, 5) is 5.48. The lowest BCUT2D eigenvalue weighted by Crippen LogP contribution is -2.19. The molecule has 0 aliphatic carbocycles. The first-order chi connectivity index (χ1) is 9.19. The third-order valence-electron chi connectivity index (χ3n) is 2.88. The van der Waals surface area contributed by atoms with Crippen molar-refractivity contribution in [2.45, 2.75) is 17.9 Å². The molecule has 2 nitrogen and oxygen atoms in total. The molecule has 2 aromatic rings.